The molecule has 0 saturated carbocycles. The van der Waals surface area contributed by atoms with Crippen molar-refractivity contribution in [1.29, 1.82) is 0 Å². The normalized spacial score (nSPS) is 10.1. The van der Waals surface area contributed by atoms with E-state index in [1.165, 1.54) is 11.2 Å². The molecule has 0 bridgehead atoms. The van der Waals surface area contributed by atoms with Gasteiger partial charge in [0.15, 0.2) is 0 Å². The van der Waals surface area contributed by atoms with Gasteiger partial charge in [-0.2, -0.15) is 0 Å². The Balaban J connectivity index is 2.30. The highest BCUT2D eigenvalue weighted by Gasteiger charge is 2.00. The van der Waals surface area contributed by atoms with Crippen molar-refractivity contribution in [3.8, 4) is 0 Å². The molecule has 0 heterocycles. The smallest absolute Gasteiger partial charge is 0.322 e. The zero-order chi connectivity index (χ0) is 11.8. The first-order valence-electron chi connectivity index (χ1n) is 4.88. The first kappa shape index (κ1) is 12.0. The van der Waals surface area contributed by atoms with E-state index in [-0.39, 0.29) is 6.03 Å². The van der Waals surface area contributed by atoms with Gasteiger partial charge in [0.05, 0.1) is 0 Å². The summed E-state index contributed by atoms with van der Waals surface area (Å²) in [4.78, 5) is 17.4. The van der Waals surface area contributed by atoms with Gasteiger partial charge in [0.25, 0.3) is 0 Å². The Morgan fingerprint density at radius 2 is 2.19 bits per heavy atom. The minimum Gasteiger partial charge on any atom is -0.390 e. The van der Waals surface area contributed by atoms with Gasteiger partial charge in [-0.05, 0) is 5.56 Å². The summed E-state index contributed by atoms with van der Waals surface area (Å²) in [5.41, 5.74) is 1.03. The molecule has 0 fully saturated rings. The van der Waals surface area contributed by atoms with Crippen LogP contribution in [0.4, 0.5) is 4.79 Å². The van der Waals surface area contributed by atoms with Gasteiger partial charge in [0.2, 0.25) is 0 Å². The number of nitrogens with one attached hydrogen (secondary N) is 1. The molecule has 0 radical (unpaired) electrons. The highest BCUT2D eigenvalue weighted by atomic mass is 16.6. The van der Waals surface area contributed by atoms with E-state index in [9.17, 15) is 4.79 Å². The fourth-order valence-electron chi connectivity index (χ4n) is 1.02. The zero-order valence-corrected chi connectivity index (χ0v) is 9.38. The van der Waals surface area contributed by atoms with Crippen molar-refractivity contribution in [3.05, 3.63) is 35.9 Å². The first-order valence-corrected chi connectivity index (χ1v) is 4.88. The van der Waals surface area contributed by atoms with E-state index in [2.05, 4.69) is 10.5 Å². The highest BCUT2D eigenvalue weighted by Crippen LogP contribution is 2.00. The van der Waals surface area contributed by atoms with Crippen molar-refractivity contribution < 1.29 is 9.63 Å². The zero-order valence-electron chi connectivity index (χ0n) is 9.38. The molecule has 16 heavy (non-hydrogen) atoms. The van der Waals surface area contributed by atoms with Crippen LogP contribution < -0.4 is 5.32 Å². The third-order valence-electron chi connectivity index (χ3n) is 1.90. The molecule has 5 nitrogen and oxygen atoms in total. The monoisotopic (exact) mass is 221 g/mol. The van der Waals surface area contributed by atoms with Crippen LogP contribution in [0.25, 0.3) is 0 Å². The van der Waals surface area contributed by atoms with E-state index in [0.29, 0.717) is 6.61 Å². The van der Waals surface area contributed by atoms with Gasteiger partial charge in [-0.15, -0.1) is 0 Å². The van der Waals surface area contributed by atoms with Crippen molar-refractivity contribution in [2.45, 2.75) is 6.61 Å². The van der Waals surface area contributed by atoms with Gasteiger partial charge >= 0.3 is 6.03 Å². The summed E-state index contributed by atoms with van der Waals surface area (Å²) in [6.07, 6.45) is 1.32. The molecule has 1 aromatic carbocycles. The lowest BCUT2D eigenvalue weighted by molar-refractivity contribution is 0.129. The lowest BCUT2D eigenvalue weighted by Crippen LogP contribution is -2.33. The molecule has 0 saturated heterocycles. The Hall–Kier alpha value is -2.04. The van der Waals surface area contributed by atoms with Gasteiger partial charge in [0, 0.05) is 14.1 Å². The Morgan fingerprint density at radius 1 is 1.50 bits per heavy atom. The molecule has 0 aromatic heterocycles. The Labute approximate surface area is 94.7 Å². The molecule has 0 spiro atoms. The quantitative estimate of drug-likeness (QED) is 0.475. The first-order chi connectivity index (χ1) is 7.74. The van der Waals surface area contributed by atoms with Crippen LogP contribution in [-0.2, 0) is 11.4 Å². The van der Waals surface area contributed by atoms with Gasteiger partial charge in [-0.25, -0.2) is 4.79 Å². The number of benzene rings is 1. The lowest BCUT2D eigenvalue weighted by Gasteiger charge is -2.08. The molecule has 1 N–H and O–H groups in total. The van der Waals surface area contributed by atoms with Crippen LogP contribution in [0.2, 0.25) is 0 Å². The Bertz CT molecular complexity index is 352. The maximum Gasteiger partial charge on any atom is 0.322 e. The number of rotatable bonds is 4. The number of nitrogens with zero attached hydrogens (tertiary/aromatic N) is 2. The van der Waals surface area contributed by atoms with Gasteiger partial charge in [0.1, 0.15) is 12.9 Å². The molecule has 0 unspecified atom stereocenters. The highest BCUT2D eigenvalue weighted by molar-refractivity contribution is 5.85. The molecule has 1 rings (SSSR count). The predicted molar refractivity (Wildman–Crippen MR) is 61.9 cm³/mol. The summed E-state index contributed by atoms with van der Waals surface area (Å²) in [6, 6.07) is 9.44. The summed E-state index contributed by atoms with van der Waals surface area (Å²) in [5, 5.41) is 6.14. The van der Waals surface area contributed by atoms with Crippen LogP contribution in [0.1, 0.15) is 5.56 Å². The minimum absolute atomic E-state index is 0.243. The molecular formula is C11H15N3O2. The number of amides is 2. The molecule has 0 aliphatic carbocycles. The van der Waals surface area contributed by atoms with Crippen molar-refractivity contribution >= 4 is 12.4 Å². The van der Waals surface area contributed by atoms with Gasteiger partial charge in [-0.1, -0.05) is 35.5 Å². The molecule has 0 aliphatic rings. The van der Waals surface area contributed by atoms with Gasteiger partial charge in [-0.3, -0.25) is 4.90 Å². The molecule has 86 valence electrons. The molecular weight excluding hydrogens is 206 g/mol. The largest absolute Gasteiger partial charge is 0.390 e. The van der Waals surface area contributed by atoms with E-state index >= 15 is 0 Å². The number of hydrogen-bond acceptors (Lipinski definition) is 3. The fraction of sp³-hybridized carbons (Fsp3) is 0.273. The fourth-order valence-corrected chi connectivity index (χ4v) is 1.02. The predicted octanol–water partition coefficient (Wildman–Crippen LogP) is 1.42. The Kier molecular flexibility index (Phi) is 4.85. The lowest BCUT2D eigenvalue weighted by atomic mass is 10.2. The van der Waals surface area contributed by atoms with Crippen molar-refractivity contribution in [2.75, 3.05) is 14.1 Å². The summed E-state index contributed by atoms with van der Waals surface area (Å²) < 4.78 is 0. The number of carbonyl (C=O) groups is 1. The van der Waals surface area contributed by atoms with E-state index in [0.717, 1.165) is 5.56 Å². The second-order valence-electron chi connectivity index (χ2n) is 3.15. The SMILES string of the molecule is CNC(=O)N(C)C=NOCc1ccccc1. The second-order valence-corrected chi connectivity index (χ2v) is 3.15. The molecule has 5 heteroatoms. The third-order valence-corrected chi connectivity index (χ3v) is 1.90. The summed E-state index contributed by atoms with van der Waals surface area (Å²) in [6.45, 7) is 0.388. The van der Waals surface area contributed by atoms with E-state index in [1.807, 2.05) is 30.3 Å². The second kappa shape index (κ2) is 6.44. The average molecular weight is 221 g/mol. The van der Waals surface area contributed by atoms with Crippen LogP contribution in [0.15, 0.2) is 35.5 Å². The standard InChI is InChI=1S/C11H15N3O2/c1-12-11(15)14(2)9-13-16-8-10-6-4-3-5-7-10/h3-7,9H,8H2,1-2H3,(H,12,15). The van der Waals surface area contributed by atoms with Crippen LogP contribution >= 0.6 is 0 Å². The molecule has 0 aliphatic heterocycles. The summed E-state index contributed by atoms with van der Waals surface area (Å²) in [7, 11) is 3.14. The van der Waals surface area contributed by atoms with Crippen LogP contribution in [-0.4, -0.2) is 31.4 Å². The van der Waals surface area contributed by atoms with E-state index in [1.54, 1.807) is 14.1 Å². The number of oxime groups is 1. The van der Waals surface area contributed by atoms with Gasteiger partial charge < -0.3 is 10.2 Å². The number of carbonyl (C=O) groups excluding carboxylic acids is 1. The average Bonchev–Trinajstić information content (AvgIpc) is 2.34. The number of urea groups is 1. The van der Waals surface area contributed by atoms with E-state index < -0.39 is 0 Å². The maximum absolute atomic E-state index is 11.0. The van der Waals surface area contributed by atoms with E-state index in [4.69, 9.17) is 4.84 Å². The van der Waals surface area contributed by atoms with Crippen molar-refractivity contribution in [2.24, 2.45) is 5.16 Å². The van der Waals surface area contributed by atoms with Crippen LogP contribution in [0.3, 0.4) is 0 Å². The van der Waals surface area contributed by atoms with Crippen molar-refractivity contribution in [1.82, 2.24) is 10.2 Å². The Morgan fingerprint density at radius 3 is 2.81 bits per heavy atom. The van der Waals surface area contributed by atoms with Crippen LogP contribution in [0, 0.1) is 0 Å². The molecule has 1 aromatic rings. The van der Waals surface area contributed by atoms with Crippen molar-refractivity contribution in [3.63, 3.8) is 0 Å². The summed E-state index contributed by atoms with van der Waals surface area (Å²) >= 11 is 0. The topological polar surface area (TPSA) is 53.9 Å². The summed E-state index contributed by atoms with van der Waals surface area (Å²) in [5.74, 6) is 0. The molecule has 0 atom stereocenters. The third kappa shape index (κ3) is 4.00. The minimum atomic E-state index is -0.243. The maximum atomic E-state index is 11.0. The number of hydrogen-bond donors (Lipinski definition) is 1. The molecule has 2 amide bonds. The van der Waals surface area contributed by atoms with Crippen LogP contribution in [0.5, 0.6) is 0 Å².